The van der Waals surface area contributed by atoms with Crippen molar-refractivity contribution in [1.82, 2.24) is 9.88 Å². The van der Waals surface area contributed by atoms with Gasteiger partial charge in [-0.05, 0) is 36.6 Å². The smallest absolute Gasteiger partial charge is 0.272 e. The lowest BCUT2D eigenvalue weighted by Crippen LogP contribution is -2.49. The molecule has 0 aliphatic carbocycles. The fraction of sp³-hybridized carbons (Fsp3) is 0.360. The summed E-state index contributed by atoms with van der Waals surface area (Å²) in [6.07, 6.45) is 1.70. The molecule has 0 bridgehead atoms. The lowest BCUT2D eigenvalue weighted by molar-refractivity contribution is -0.139. The van der Waals surface area contributed by atoms with E-state index in [0.29, 0.717) is 43.6 Å². The fourth-order valence-corrected chi connectivity index (χ4v) is 5.05. The maximum atomic E-state index is 13.3. The number of nitrogens with one attached hydrogen (secondary N) is 1. The van der Waals surface area contributed by atoms with Gasteiger partial charge in [-0.25, -0.2) is 0 Å². The van der Waals surface area contributed by atoms with Gasteiger partial charge < -0.3 is 19.5 Å². The molecule has 1 N–H and O–H groups in total. The molecule has 2 aliphatic rings. The van der Waals surface area contributed by atoms with Crippen molar-refractivity contribution in [3.05, 3.63) is 63.9 Å². The van der Waals surface area contributed by atoms with Crippen molar-refractivity contribution < 1.29 is 9.53 Å². The molecule has 2 fully saturated rings. The number of benzene rings is 2. The van der Waals surface area contributed by atoms with Crippen LogP contribution >= 0.6 is 11.6 Å². The summed E-state index contributed by atoms with van der Waals surface area (Å²) in [4.78, 5) is 33.5. The van der Waals surface area contributed by atoms with Crippen LogP contribution in [0, 0.1) is 5.92 Å². The number of rotatable bonds is 3. The molecule has 5 rings (SSSR count). The quantitative estimate of drug-likeness (QED) is 0.655. The number of anilines is 1. The summed E-state index contributed by atoms with van der Waals surface area (Å²) < 4.78 is 5.40. The van der Waals surface area contributed by atoms with Crippen molar-refractivity contribution in [2.45, 2.75) is 12.8 Å². The van der Waals surface area contributed by atoms with Gasteiger partial charge in [-0.3, -0.25) is 9.59 Å². The molecular weight excluding hydrogens is 426 g/mol. The highest BCUT2D eigenvalue weighted by Gasteiger charge is 2.32. The van der Waals surface area contributed by atoms with Crippen LogP contribution in [0.15, 0.2) is 53.3 Å². The third kappa shape index (κ3) is 4.00. The SMILES string of the molecule is O=C(C1CCCN(c2c(-c3ccccc3)c3cc(Cl)ccc3[nH]c2=O)C1)N1CCOCC1. The Morgan fingerprint density at radius 2 is 1.84 bits per heavy atom. The van der Waals surface area contributed by atoms with Gasteiger partial charge in [0.15, 0.2) is 0 Å². The molecule has 2 aromatic carbocycles. The molecule has 7 heteroatoms. The molecule has 1 aromatic heterocycles. The molecule has 2 saturated heterocycles. The minimum absolute atomic E-state index is 0.125. The van der Waals surface area contributed by atoms with Crippen molar-refractivity contribution in [2.75, 3.05) is 44.3 Å². The van der Waals surface area contributed by atoms with Crippen molar-refractivity contribution >= 4 is 34.1 Å². The number of aromatic nitrogens is 1. The number of amides is 1. The summed E-state index contributed by atoms with van der Waals surface area (Å²) in [6.45, 7) is 3.73. The summed E-state index contributed by atoms with van der Waals surface area (Å²) >= 11 is 6.34. The number of carbonyl (C=O) groups is 1. The predicted molar refractivity (Wildman–Crippen MR) is 127 cm³/mol. The van der Waals surface area contributed by atoms with Crippen LogP contribution in [0.2, 0.25) is 5.02 Å². The average Bonchev–Trinajstić information content (AvgIpc) is 2.84. The highest BCUT2D eigenvalue weighted by atomic mass is 35.5. The van der Waals surface area contributed by atoms with Crippen LogP contribution in [0.3, 0.4) is 0 Å². The summed E-state index contributed by atoms with van der Waals surface area (Å²) in [7, 11) is 0. The Bertz CT molecular complexity index is 1190. The molecular formula is C25H26ClN3O3. The van der Waals surface area contributed by atoms with Crippen LogP contribution in [-0.4, -0.2) is 55.2 Å². The Morgan fingerprint density at radius 1 is 1.06 bits per heavy atom. The number of aromatic amines is 1. The largest absolute Gasteiger partial charge is 0.378 e. The average molecular weight is 452 g/mol. The van der Waals surface area contributed by atoms with Crippen LogP contribution < -0.4 is 10.5 Å². The van der Waals surface area contributed by atoms with Gasteiger partial charge in [-0.2, -0.15) is 0 Å². The Morgan fingerprint density at radius 3 is 2.62 bits per heavy atom. The third-order valence-corrected chi connectivity index (χ3v) is 6.66. The van der Waals surface area contributed by atoms with E-state index in [1.165, 1.54) is 0 Å². The molecule has 1 amide bonds. The van der Waals surface area contributed by atoms with E-state index in [2.05, 4.69) is 9.88 Å². The van der Waals surface area contributed by atoms with Gasteiger partial charge >= 0.3 is 0 Å². The van der Waals surface area contributed by atoms with Gasteiger partial charge in [0.1, 0.15) is 5.69 Å². The summed E-state index contributed by atoms with van der Waals surface area (Å²) in [6, 6.07) is 15.5. The van der Waals surface area contributed by atoms with E-state index < -0.39 is 0 Å². The zero-order valence-electron chi connectivity index (χ0n) is 17.9. The van der Waals surface area contributed by atoms with E-state index in [9.17, 15) is 9.59 Å². The second-order valence-corrected chi connectivity index (χ2v) is 8.89. The second-order valence-electron chi connectivity index (χ2n) is 8.46. The van der Waals surface area contributed by atoms with E-state index in [0.717, 1.165) is 41.4 Å². The summed E-state index contributed by atoms with van der Waals surface area (Å²) in [5, 5.41) is 1.52. The number of carbonyl (C=O) groups excluding carboxylic acids is 1. The van der Waals surface area contributed by atoms with Gasteiger partial charge in [0, 0.05) is 47.7 Å². The lowest BCUT2D eigenvalue weighted by atomic mass is 9.93. The van der Waals surface area contributed by atoms with E-state index in [1.807, 2.05) is 47.4 Å². The monoisotopic (exact) mass is 451 g/mol. The molecule has 2 aliphatic heterocycles. The maximum Gasteiger partial charge on any atom is 0.272 e. The number of hydrogen-bond acceptors (Lipinski definition) is 4. The van der Waals surface area contributed by atoms with E-state index in [4.69, 9.17) is 16.3 Å². The first-order valence-corrected chi connectivity index (χ1v) is 11.5. The molecule has 0 radical (unpaired) electrons. The predicted octanol–water partition coefficient (Wildman–Crippen LogP) is 3.92. The van der Waals surface area contributed by atoms with Gasteiger partial charge in [0.2, 0.25) is 5.91 Å². The van der Waals surface area contributed by atoms with E-state index >= 15 is 0 Å². The van der Waals surface area contributed by atoms with Crippen LogP contribution in [-0.2, 0) is 9.53 Å². The number of ether oxygens (including phenoxy) is 1. The lowest BCUT2D eigenvalue weighted by Gasteiger charge is -2.37. The fourth-order valence-electron chi connectivity index (χ4n) is 4.88. The number of pyridine rings is 1. The van der Waals surface area contributed by atoms with Crippen molar-refractivity contribution in [3.63, 3.8) is 0 Å². The molecule has 1 unspecified atom stereocenters. The molecule has 0 spiro atoms. The van der Waals surface area contributed by atoms with Gasteiger partial charge in [0.25, 0.3) is 5.56 Å². The molecule has 32 heavy (non-hydrogen) atoms. The molecule has 6 nitrogen and oxygen atoms in total. The first kappa shape index (κ1) is 21.0. The highest BCUT2D eigenvalue weighted by molar-refractivity contribution is 6.31. The topological polar surface area (TPSA) is 65.6 Å². The first-order valence-electron chi connectivity index (χ1n) is 11.1. The first-order chi connectivity index (χ1) is 15.6. The minimum Gasteiger partial charge on any atom is -0.378 e. The maximum absolute atomic E-state index is 13.3. The number of H-pyrrole nitrogens is 1. The zero-order valence-corrected chi connectivity index (χ0v) is 18.6. The second kappa shape index (κ2) is 8.96. The minimum atomic E-state index is -0.141. The Balaban J connectivity index is 1.58. The van der Waals surface area contributed by atoms with Crippen LogP contribution in [0.5, 0.6) is 0 Å². The number of piperidine rings is 1. The van der Waals surface area contributed by atoms with Gasteiger partial charge in [-0.1, -0.05) is 41.9 Å². The molecule has 1 atom stereocenters. The molecule has 3 aromatic rings. The van der Waals surface area contributed by atoms with Crippen LogP contribution in [0.1, 0.15) is 12.8 Å². The number of morpholine rings is 1. The zero-order chi connectivity index (χ0) is 22.1. The van der Waals surface area contributed by atoms with Crippen molar-refractivity contribution in [3.8, 4) is 11.1 Å². The third-order valence-electron chi connectivity index (χ3n) is 6.42. The van der Waals surface area contributed by atoms with Crippen LogP contribution in [0.4, 0.5) is 5.69 Å². The number of hydrogen-bond donors (Lipinski definition) is 1. The van der Waals surface area contributed by atoms with Crippen molar-refractivity contribution in [1.29, 1.82) is 0 Å². The van der Waals surface area contributed by atoms with Gasteiger partial charge in [0.05, 0.1) is 19.1 Å². The highest BCUT2D eigenvalue weighted by Crippen LogP contribution is 2.37. The van der Waals surface area contributed by atoms with Crippen LogP contribution in [0.25, 0.3) is 22.0 Å². The Kier molecular flexibility index (Phi) is 5.89. The number of fused-ring (bicyclic) bond motifs is 1. The summed E-state index contributed by atoms with van der Waals surface area (Å²) in [5.74, 6) is 0.0412. The Labute approximate surface area is 191 Å². The normalized spacial score (nSPS) is 19.3. The number of nitrogens with zero attached hydrogens (tertiary/aromatic N) is 2. The molecule has 0 saturated carbocycles. The Hall–Kier alpha value is -2.83. The van der Waals surface area contributed by atoms with Crippen molar-refractivity contribution in [2.24, 2.45) is 5.92 Å². The summed E-state index contributed by atoms with van der Waals surface area (Å²) in [5.41, 5.74) is 3.05. The standard InChI is InChI=1S/C25H26ClN3O3/c26-19-8-9-21-20(15-19)22(17-5-2-1-3-6-17)23(24(30)27-21)29-10-4-7-18(16-29)25(31)28-11-13-32-14-12-28/h1-3,5-6,8-9,15,18H,4,7,10-14,16H2,(H,27,30). The van der Waals surface area contributed by atoms with E-state index in [-0.39, 0.29) is 17.4 Å². The van der Waals surface area contributed by atoms with Gasteiger partial charge in [-0.15, -0.1) is 0 Å². The molecule has 166 valence electrons. The molecule has 3 heterocycles. The number of halogens is 1. The van der Waals surface area contributed by atoms with E-state index in [1.54, 1.807) is 6.07 Å².